The van der Waals surface area contributed by atoms with E-state index in [1.54, 1.807) is 0 Å². The number of fused-ring (bicyclic) bond motifs is 3. The molecule has 0 unspecified atom stereocenters. The molecule has 0 radical (unpaired) electrons. The minimum atomic E-state index is -0.177. The van der Waals surface area contributed by atoms with Gasteiger partial charge in [0.25, 0.3) is 5.91 Å². The molecular formula is C18H18N4O. The number of rotatable bonds is 2. The van der Waals surface area contributed by atoms with E-state index in [4.69, 9.17) is 0 Å². The summed E-state index contributed by atoms with van der Waals surface area (Å²) < 4.78 is 0. The smallest absolute Gasteiger partial charge is 0.309 e. The van der Waals surface area contributed by atoms with E-state index >= 15 is 0 Å². The van der Waals surface area contributed by atoms with Crippen LogP contribution in [0, 0.1) is 0 Å². The largest absolute Gasteiger partial charge is 0.361 e. The number of carbonyl (C=O) groups is 1. The molecule has 116 valence electrons. The average Bonchev–Trinajstić information content (AvgIpc) is 3.19. The van der Waals surface area contributed by atoms with E-state index in [0.29, 0.717) is 17.7 Å². The van der Waals surface area contributed by atoms with Gasteiger partial charge in [-0.2, -0.15) is 4.79 Å². The summed E-state index contributed by atoms with van der Waals surface area (Å²) in [5, 5.41) is 4.00. The number of amides is 1. The Morgan fingerprint density at radius 3 is 2.83 bits per heavy atom. The second-order valence-electron chi connectivity index (χ2n) is 6.21. The normalized spacial score (nSPS) is 19.1. The summed E-state index contributed by atoms with van der Waals surface area (Å²) in [4.78, 5) is 16.1. The maximum Gasteiger partial charge on any atom is 0.309 e. The number of nitrogens with one attached hydrogen (secondary N) is 1. The van der Waals surface area contributed by atoms with Crippen molar-refractivity contribution in [2.45, 2.75) is 25.7 Å². The number of hydrogen-bond acceptors (Lipinski definition) is 2. The van der Waals surface area contributed by atoms with Crippen LogP contribution < -0.4 is 15.9 Å². The second kappa shape index (κ2) is 5.61. The zero-order chi connectivity index (χ0) is 15.8. The SMILES string of the molecule is [N-]=[N+]=C1Cc2c3c(ccc2=C1C(=O)NN1CCCCC1)=CC=C3. The average molecular weight is 306 g/mol. The molecule has 0 aromatic heterocycles. The van der Waals surface area contributed by atoms with Crippen molar-refractivity contribution in [1.82, 2.24) is 10.4 Å². The lowest BCUT2D eigenvalue weighted by Gasteiger charge is -2.26. The van der Waals surface area contributed by atoms with Gasteiger partial charge in [0.15, 0.2) is 0 Å². The molecule has 1 N–H and O–H groups in total. The molecule has 0 spiro atoms. The zero-order valence-corrected chi connectivity index (χ0v) is 12.9. The fraction of sp³-hybridized carbons (Fsp3) is 0.333. The van der Waals surface area contributed by atoms with Crippen LogP contribution in [-0.4, -0.2) is 34.5 Å². The van der Waals surface area contributed by atoms with E-state index in [1.807, 2.05) is 23.2 Å². The third-order valence-corrected chi connectivity index (χ3v) is 4.80. The van der Waals surface area contributed by atoms with Gasteiger partial charge in [0.2, 0.25) is 0 Å². The molecule has 23 heavy (non-hydrogen) atoms. The van der Waals surface area contributed by atoms with Gasteiger partial charge in [0.05, 0.1) is 6.42 Å². The predicted octanol–water partition coefficient (Wildman–Crippen LogP) is 0.389. The van der Waals surface area contributed by atoms with Crippen LogP contribution in [0.2, 0.25) is 0 Å². The van der Waals surface area contributed by atoms with Crippen LogP contribution in [0.5, 0.6) is 0 Å². The van der Waals surface area contributed by atoms with Gasteiger partial charge in [0, 0.05) is 13.1 Å². The minimum absolute atomic E-state index is 0.177. The number of allylic oxidation sites excluding steroid dienone is 1. The first-order valence-corrected chi connectivity index (χ1v) is 8.10. The standard InChI is InChI=1S/C18H18N4O/c19-20-16-11-15-13-6-4-5-12(13)7-8-14(15)17(16)18(23)21-22-9-2-1-3-10-22/h4-8H,1-3,9-11H2,(H,21,23). The number of piperidine rings is 1. The molecule has 2 aliphatic carbocycles. The highest BCUT2D eigenvalue weighted by atomic mass is 16.2. The lowest BCUT2D eigenvalue weighted by Crippen LogP contribution is -2.46. The summed E-state index contributed by atoms with van der Waals surface area (Å²) in [5.41, 5.74) is 15.5. The molecule has 1 aromatic rings. The van der Waals surface area contributed by atoms with Crippen molar-refractivity contribution in [3.63, 3.8) is 0 Å². The van der Waals surface area contributed by atoms with Crippen molar-refractivity contribution in [3.05, 3.63) is 45.3 Å². The van der Waals surface area contributed by atoms with Crippen LogP contribution in [0.3, 0.4) is 0 Å². The Morgan fingerprint density at radius 2 is 2.04 bits per heavy atom. The van der Waals surface area contributed by atoms with Crippen LogP contribution in [0.15, 0.2) is 18.2 Å². The molecule has 0 bridgehead atoms. The molecule has 1 saturated heterocycles. The van der Waals surface area contributed by atoms with Crippen molar-refractivity contribution in [2.24, 2.45) is 0 Å². The number of hydrogen-bond donors (Lipinski definition) is 1. The summed E-state index contributed by atoms with van der Waals surface area (Å²) in [7, 11) is 0. The highest BCUT2D eigenvalue weighted by Gasteiger charge is 2.33. The first-order valence-electron chi connectivity index (χ1n) is 8.10. The van der Waals surface area contributed by atoms with Crippen LogP contribution in [0.1, 0.15) is 30.4 Å². The third kappa shape index (κ3) is 2.34. The summed E-state index contributed by atoms with van der Waals surface area (Å²) in [5.74, 6) is -0.177. The van der Waals surface area contributed by atoms with Crippen molar-refractivity contribution < 1.29 is 9.58 Å². The van der Waals surface area contributed by atoms with Crippen molar-refractivity contribution in [1.29, 1.82) is 0 Å². The van der Waals surface area contributed by atoms with Gasteiger partial charge in [-0.15, -0.1) is 0 Å². The molecule has 1 amide bonds. The van der Waals surface area contributed by atoms with Crippen LogP contribution in [-0.2, 0) is 11.2 Å². The summed E-state index contributed by atoms with van der Waals surface area (Å²) in [6.07, 6.45) is 10.0. The minimum Gasteiger partial charge on any atom is -0.361 e. The molecule has 0 saturated carbocycles. The molecule has 1 fully saturated rings. The Kier molecular flexibility index (Phi) is 3.45. The number of benzene rings is 1. The van der Waals surface area contributed by atoms with E-state index in [-0.39, 0.29) is 5.91 Å². The molecule has 1 aliphatic heterocycles. The molecule has 1 aromatic carbocycles. The maximum absolute atomic E-state index is 12.7. The maximum atomic E-state index is 12.7. The number of nitrogens with zero attached hydrogens (tertiary/aromatic N) is 3. The van der Waals surface area contributed by atoms with Gasteiger partial charge in [-0.1, -0.05) is 36.8 Å². The lowest BCUT2D eigenvalue weighted by atomic mass is 10.0. The summed E-state index contributed by atoms with van der Waals surface area (Å²) >= 11 is 0. The van der Waals surface area contributed by atoms with Crippen molar-refractivity contribution in [3.8, 4) is 0 Å². The Hall–Kier alpha value is -2.49. The fourth-order valence-electron chi connectivity index (χ4n) is 3.65. The Bertz CT molecular complexity index is 884. The second-order valence-corrected chi connectivity index (χ2v) is 6.21. The molecule has 5 nitrogen and oxygen atoms in total. The number of carbonyl (C=O) groups excluding carboxylic acids is 1. The lowest BCUT2D eigenvalue weighted by molar-refractivity contribution is -0.120. The fourth-order valence-corrected chi connectivity index (χ4v) is 3.65. The number of hydrazine groups is 1. The van der Waals surface area contributed by atoms with E-state index < -0.39 is 0 Å². The highest BCUT2D eigenvalue weighted by Crippen LogP contribution is 2.17. The summed E-state index contributed by atoms with van der Waals surface area (Å²) in [6, 6.07) is 3.98. The molecule has 0 atom stereocenters. The van der Waals surface area contributed by atoms with E-state index in [1.165, 1.54) is 6.42 Å². The van der Waals surface area contributed by atoms with E-state index in [2.05, 4.69) is 22.4 Å². The Labute approximate surface area is 134 Å². The molecular weight excluding hydrogens is 288 g/mol. The molecule has 5 heteroatoms. The Morgan fingerprint density at radius 1 is 1.22 bits per heavy atom. The quantitative estimate of drug-likeness (QED) is 0.634. The Balaban J connectivity index is 1.76. The highest BCUT2D eigenvalue weighted by molar-refractivity contribution is 6.42. The first kappa shape index (κ1) is 14.1. The van der Waals surface area contributed by atoms with Gasteiger partial charge < -0.3 is 5.53 Å². The van der Waals surface area contributed by atoms with Crippen LogP contribution >= 0.6 is 0 Å². The third-order valence-electron chi connectivity index (χ3n) is 4.80. The monoisotopic (exact) mass is 306 g/mol. The molecule has 4 rings (SSSR count). The van der Waals surface area contributed by atoms with Crippen molar-refractivity contribution in [2.75, 3.05) is 13.1 Å². The topological polar surface area (TPSA) is 68.7 Å². The van der Waals surface area contributed by atoms with Crippen LogP contribution in [0.25, 0.3) is 23.3 Å². The van der Waals surface area contributed by atoms with Gasteiger partial charge in [-0.05, 0) is 34.4 Å². The van der Waals surface area contributed by atoms with Gasteiger partial charge in [-0.3, -0.25) is 10.2 Å². The van der Waals surface area contributed by atoms with Crippen molar-refractivity contribution >= 4 is 29.3 Å². The zero-order valence-electron chi connectivity index (χ0n) is 12.9. The van der Waals surface area contributed by atoms with E-state index in [9.17, 15) is 10.3 Å². The molecule has 3 aliphatic rings. The molecule has 1 heterocycles. The van der Waals surface area contributed by atoms with Gasteiger partial charge in [0.1, 0.15) is 5.57 Å². The van der Waals surface area contributed by atoms with Gasteiger partial charge in [-0.25, -0.2) is 5.01 Å². The van der Waals surface area contributed by atoms with E-state index in [0.717, 1.165) is 47.5 Å². The predicted molar refractivity (Wildman–Crippen MR) is 88.5 cm³/mol. The summed E-state index contributed by atoms with van der Waals surface area (Å²) in [6.45, 7) is 1.75. The van der Waals surface area contributed by atoms with Crippen LogP contribution in [0.4, 0.5) is 0 Å². The van der Waals surface area contributed by atoms with Gasteiger partial charge >= 0.3 is 5.71 Å². The first-order chi connectivity index (χ1) is 11.3.